The Morgan fingerprint density at radius 2 is 1.61 bits per heavy atom. The van der Waals surface area contributed by atoms with Gasteiger partial charge in [0.15, 0.2) is 12.6 Å². The van der Waals surface area contributed by atoms with Crippen molar-refractivity contribution in [2.45, 2.75) is 198 Å². The monoisotopic (exact) mass is 806 g/mol. The smallest absolute Gasteiger partial charge is 0.311 e. The van der Waals surface area contributed by atoms with Gasteiger partial charge in [0, 0.05) is 38.1 Å². The Labute approximate surface area is 336 Å². The summed E-state index contributed by atoms with van der Waals surface area (Å²) in [6.07, 6.45) is -6.71. The number of nitrogens with one attached hydrogen (secondary N) is 2. The molecule has 0 aromatic heterocycles. The molecule has 7 N–H and O–H groups in total. The van der Waals surface area contributed by atoms with Gasteiger partial charge in [-0.1, -0.05) is 27.7 Å². The zero-order valence-electron chi connectivity index (χ0n) is 36.8. The predicted molar refractivity (Wildman–Crippen MR) is 212 cm³/mol. The molecule has 56 heavy (non-hydrogen) atoms. The first-order chi connectivity index (χ1) is 25.9. The summed E-state index contributed by atoms with van der Waals surface area (Å²) in [5, 5.41) is 65.8. The molecule has 0 aromatic rings. The molecule has 1 unspecified atom stereocenters. The van der Waals surface area contributed by atoms with Crippen molar-refractivity contribution < 1.29 is 58.7 Å². The highest BCUT2D eigenvalue weighted by Crippen LogP contribution is 2.43. The van der Waals surface area contributed by atoms with Gasteiger partial charge in [-0.2, -0.15) is 0 Å². The van der Waals surface area contributed by atoms with Crippen molar-refractivity contribution in [3.8, 4) is 0 Å². The molecule has 3 fully saturated rings. The fraction of sp³-hybridized carbons (Fsp3) is 0.976. The van der Waals surface area contributed by atoms with Gasteiger partial charge in [0.1, 0.15) is 35.1 Å². The first-order valence-corrected chi connectivity index (χ1v) is 20.9. The molecule has 0 spiro atoms. The Morgan fingerprint density at radius 3 is 2.18 bits per heavy atom. The fourth-order valence-electron chi connectivity index (χ4n) is 9.21. The lowest BCUT2D eigenvalue weighted by Gasteiger charge is -2.53. The van der Waals surface area contributed by atoms with Crippen LogP contribution >= 0.6 is 0 Å². The summed E-state index contributed by atoms with van der Waals surface area (Å²) >= 11 is 0. The minimum absolute atomic E-state index is 0.0939. The van der Waals surface area contributed by atoms with Crippen LogP contribution in [0.3, 0.4) is 0 Å². The molecule has 3 saturated heterocycles. The second-order valence-corrected chi connectivity index (χ2v) is 18.2. The van der Waals surface area contributed by atoms with E-state index < -0.39 is 95.5 Å². The van der Waals surface area contributed by atoms with Crippen molar-refractivity contribution in [3.63, 3.8) is 0 Å². The Hall–Kier alpha value is -1.05. The second-order valence-electron chi connectivity index (χ2n) is 18.2. The summed E-state index contributed by atoms with van der Waals surface area (Å²) in [7, 11) is 5.31. The number of likely N-dealkylation sites (N-methyl/N-ethyl adjacent to an activating group) is 1. The van der Waals surface area contributed by atoms with Crippen LogP contribution in [0.4, 0.5) is 0 Å². The molecule has 18 atom stereocenters. The number of methoxy groups -OCH3 is 1. The molecule has 0 bridgehead atoms. The van der Waals surface area contributed by atoms with Crippen molar-refractivity contribution in [1.82, 2.24) is 15.5 Å². The zero-order valence-corrected chi connectivity index (χ0v) is 36.8. The molecule has 0 aromatic carbocycles. The number of carbonyl (C=O) groups excluding carboxylic acids is 1. The zero-order chi connectivity index (χ0) is 42.6. The number of carbonyl (C=O) groups is 1. The molecule has 3 heterocycles. The van der Waals surface area contributed by atoms with Gasteiger partial charge in [0.2, 0.25) is 0 Å². The van der Waals surface area contributed by atoms with Gasteiger partial charge < -0.3 is 69.5 Å². The van der Waals surface area contributed by atoms with Crippen LogP contribution in [0.5, 0.6) is 0 Å². The molecule has 0 radical (unpaired) electrons. The molecule has 3 aliphatic rings. The van der Waals surface area contributed by atoms with Crippen molar-refractivity contribution in [1.29, 1.82) is 0 Å². The van der Waals surface area contributed by atoms with E-state index in [9.17, 15) is 30.3 Å². The maximum Gasteiger partial charge on any atom is 0.311 e. The Morgan fingerprint density at radius 1 is 0.964 bits per heavy atom. The van der Waals surface area contributed by atoms with Crippen molar-refractivity contribution in [2.75, 3.05) is 40.8 Å². The van der Waals surface area contributed by atoms with Gasteiger partial charge in [0.05, 0.1) is 35.9 Å². The molecule has 330 valence electrons. The van der Waals surface area contributed by atoms with Crippen LogP contribution in [-0.2, 0) is 33.2 Å². The van der Waals surface area contributed by atoms with Gasteiger partial charge >= 0.3 is 5.97 Å². The third kappa shape index (κ3) is 11.0. The van der Waals surface area contributed by atoms with Crippen LogP contribution in [-0.4, -0.2) is 167 Å². The van der Waals surface area contributed by atoms with Crippen LogP contribution in [0.25, 0.3) is 0 Å². The third-order valence-corrected chi connectivity index (χ3v) is 13.0. The van der Waals surface area contributed by atoms with E-state index >= 15 is 0 Å². The summed E-state index contributed by atoms with van der Waals surface area (Å²) in [5.41, 5.74) is -5.95. The first-order valence-electron chi connectivity index (χ1n) is 20.9. The molecule has 3 rings (SSSR count). The normalized spacial score (nSPS) is 47.9. The molecule has 15 nitrogen and oxygen atoms in total. The van der Waals surface area contributed by atoms with E-state index in [2.05, 4.69) is 10.6 Å². The lowest BCUT2D eigenvalue weighted by Crippen LogP contribution is -2.70. The summed E-state index contributed by atoms with van der Waals surface area (Å²) in [4.78, 5) is 16.2. The Bertz CT molecular complexity index is 1230. The van der Waals surface area contributed by atoms with Crippen molar-refractivity contribution in [3.05, 3.63) is 0 Å². The van der Waals surface area contributed by atoms with Gasteiger partial charge in [-0.15, -0.1) is 0 Å². The average molecular weight is 806 g/mol. The van der Waals surface area contributed by atoms with E-state index in [0.717, 1.165) is 6.42 Å². The molecule has 3 aliphatic heterocycles. The van der Waals surface area contributed by atoms with Crippen molar-refractivity contribution >= 4 is 5.97 Å². The summed E-state index contributed by atoms with van der Waals surface area (Å²) in [6.45, 7) is 20.9. The second kappa shape index (κ2) is 20.0. The van der Waals surface area contributed by atoms with Crippen LogP contribution < -0.4 is 10.6 Å². The number of aliphatic hydroxyl groups excluding tert-OH is 2. The Kier molecular flexibility index (Phi) is 17.6. The number of ether oxygens (including phenoxy) is 6. The number of hydrogen-bond acceptors (Lipinski definition) is 15. The highest BCUT2D eigenvalue weighted by atomic mass is 16.7. The Balaban J connectivity index is 2.16. The average Bonchev–Trinajstić information content (AvgIpc) is 3.12. The predicted octanol–water partition coefficient (Wildman–Crippen LogP) is 1.93. The highest BCUT2D eigenvalue weighted by Gasteiger charge is 2.58. The van der Waals surface area contributed by atoms with Crippen LogP contribution in [0.15, 0.2) is 0 Å². The number of aliphatic hydroxyl groups is 5. The maximum absolute atomic E-state index is 14.3. The molecule has 15 heteroatoms. The third-order valence-electron chi connectivity index (χ3n) is 13.0. The molecule has 0 aliphatic carbocycles. The minimum atomic E-state index is -1.81. The number of rotatable bonds is 11. The van der Waals surface area contributed by atoms with Gasteiger partial charge in [-0.25, -0.2) is 0 Å². The standard InChI is InChI=1S/C41H79N3O12/c1-15-17-42-22-41(50)28(8)53-31(20-39(41,10)51-14)55-33-25(5)35(56-37-32(45)29(44(12)13)18-24(4)52-37)38(9,48)19-23(3)21-43-27(7)34(46)40(11,49)30(16-2)54-36(47)26(33)6/h23-35,37,42-43,45-46,48-50H,15-22H2,1-14H3/t23-,24-,25+,26-,27-,28+,29+,30-,31+,32-,33+,34-,35-,37+,38-,39-,40?,41+/m1/s1. The fourth-order valence-corrected chi connectivity index (χ4v) is 9.21. The highest BCUT2D eigenvalue weighted by molar-refractivity contribution is 5.73. The quantitative estimate of drug-likeness (QED) is 0.118. The van der Waals surface area contributed by atoms with E-state index in [1.54, 1.807) is 34.6 Å². The maximum atomic E-state index is 14.3. The van der Waals surface area contributed by atoms with Crippen LogP contribution in [0.2, 0.25) is 0 Å². The molecular formula is C41H79N3O12. The lowest BCUT2D eigenvalue weighted by molar-refractivity contribution is -0.336. The van der Waals surface area contributed by atoms with E-state index in [1.165, 1.54) is 14.0 Å². The van der Waals surface area contributed by atoms with Gasteiger partial charge in [-0.05, 0) is 107 Å². The number of hydrogen-bond donors (Lipinski definition) is 7. The summed E-state index contributed by atoms with van der Waals surface area (Å²) in [6, 6.07) is -0.877. The van der Waals surface area contributed by atoms with Crippen LogP contribution in [0, 0.1) is 17.8 Å². The summed E-state index contributed by atoms with van der Waals surface area (Å²) < 4.78 is 38.3. The minimum Gasteiger partial charge on any atom is -0.459 e. The van der Waals surface area contributed by atoms with E-state index in [1.807, 2.05) is 53.6 Å². The molecular weight excluding hydrogens is 726 g/mol. The number of esters is 1. The summed E-state index contributed by atoms with van der Waals surface area (Å²) in [5.74, 6) is -2.66. The van der Waals surface area contributed by atoms with E-state index in [0.29, 0.717) is 19.5 Å². The van der Waals surface area contributed by atoms with Crippen molar-refractivity contribution in [2.24, 2.45) is 17.8 Å². The molecule has 0 saturated carbocycles. The SMILES string of the molecule is CCCNC[C@]1(O)[C@H](C)O[C@@H](O[C@H]2[C@H](C)[C@@H](O[C@@H]3O[C@H](C)C[C@H](N(C)C)[C@H]3O)[C@](C)(O)C[C@@H](C)CN[C@H](C)[C@@H](O)C(C)(O)[C@@H](CC)OC(=O)[C@@H]2C)C[C@@]1(C)OC. The van der Waals surface area contributed by atoms with E-state index in [4.69, 9.17) is 28.4 Å². The topological polar surface area (TPSA) is 201 Å². The van der Waals surface area contributed by atoms with Gasteiger partial charge in [0.25, 0.3) is 0 Å². The number of cyclic esters (lactones) is 1. The number of nitrogens with zero attached hydrogens (tertiary/aromatic N) is 1. The van der Waals surface area contributed by atoms with Crippen LogP contribution in [0.1, 0.15) is 108 Å². The largest absolute Gasteiger partial charge is 0.459 e. The first kappa shape index (κ1) is 49.3. The molecule has 0 amide bonds. The lowest BCUT2D eigenvalue weighted by atomic mass is 9.75. The van der Waals surface area contributed by atoms with E-state index in [-0.39, 0.29) is 43.9 Å². The van der Waals surface area contributed by atoms with Gasteiger partial charge in [-0.3, -0.25) is 4.79 Å².